The zero-order chi connectivity index (χ0) is 17.1. The Morgan fingerprint density at radius 2 is 1.44 bits per heavy atom. The minimum absolute atomic E-state index is 0.589. The average molecular weight is 321 g/mol. The quantitative estimate of drug-likeness (QED) is 0.662. The number of hydrogen-bond acceptors (Lipinski definition) is 3. The number of nitriles is 1. The predicted octanol–water partition coefficient (Wildman–Crippen LogP) is 5.17. The van der Waals surface area contributed by atoms with Crippen molar-refractivity contribution in [3.8, 4) is 6.07 Å². The van der Waals surface area contributed by atoms with Crippen LogP contribution in [0.15, 0.2) is 95.6 Å². The van der Waals surface area contributed by atoms with Crippen LogP contribution in [0.2, 0.25) is 0 Å². The molecule has 1 N–H and O–H groups in total. The van der Waals surface area contributed by atoms with Crippen LogP contribution in [0.4, 0.5) is 11.4 Å². The van der Waals surface area contributed by atoms with Gasteiger partial charge in [0.2, 0.25) is 0 Å². The molecule has 0 fully saturated rings. The fourth-order valence-corrected chi connectivity index (χ4v) is 2.93. The summed E-state index contributed by atoms with van der Waals surface area (Å²) in [6.45, 7) is 0. The summed E-state index contributed by atoms with van der Waals surface area (Å²) in [6, 6.07) is 29.8. The van der Waals surface area contributed by atoms with Gasteiger partial charge in [-0.15, -0.1) is 0 Å². The first-order chi connectivity index (χ1) is 12.4. The highest BCUT2D eigenvalue weighted by Crippen LogP contribution is 2.34. The van der Waals surface area contributed by atoms with Crippen molar-refractivity contribution in [3.05, 3.63) is 102 Å². The van der Waals surface area contributed by atoms with Gasteiger partial charge in [0.1, 0.15) is 6.07 Å². The van der Waals surface area contributed by atoms with Crippen LogP contribution in [0.5, 0.6) is 0 Å². The van der Waals surface area contributed by atoms with Gasteiger partial charge in [-0.25, -0.2) is 4.99 Å². The highest BCUT2D eigenvalue weighted by atomic mass is 15.0. The number of rotatable bonds is 2. The van der Waals surface area contributed by atoms with E-state index in [1.54, 1.807) is 0 Å². The maximum Gasteiger partial charge on any atom is 0.102 e. The molecular weight excluding hydrogens is 306 g/mol. The lowest BCUT2D eigenvalue weighted by Gasteiger charge is -2.07. The smallest absolute Gasteiger partial charge is 0.102 e. The summed E-state index contributed by atoms with van der Waals surface area (Å²) in [4.78, 5) is 4.82. The van der Waals surface area contributed by atoms with Gasteiger partial charge < -0.3 is 5.32 Å². The summed E-state index contributed by atoms with van der Waals surface area (Å²) >= 11 is 0. The molecule has 4 rings (SSSR count). The fraction of sp³-hybridized carbons (Fsp3) is 0. The van der Waals surface area contributed by atoms with E-state index in [4.69, 9.17) is 4.99 Å². The lowest BCUT2D eigenvalue weighted by molar-refractivity contribution is 1.48. The molecule has 1 aliphatic rings. The molecule has 3 aromatic carbocycles. The minimum atomic E-state index is 0.589. The van der Waals surface area contributed by atoms with Gasteiger partial charge in [0.05, 0.1) is 22.7 Å². The van der Waals surface area contributed by atoms with E-state index in [1.807, 2.05) is 84.9 Å². The summed E-state index contributed by atoms with van der Waals surface area (Å²) in [6.07, 6.45) is 0. The second kappa shape index (κ2) is 6.46. The number of para-hydroxylation sites is 2. The number of nitrogens with one attached hydrogen (secondary N) is 1. The molecule has 0 bridgehead atoms. The molecule has 0 aromatic heterocycles. The van der Waals surface area contributed by atoms with Gasteiger partial charge in [-0.05, 0) is 23.8 Å². The topological polar surface area (TPSA) is 48.2 Å². The van der Waals surface area contributed by atoms with Gasteiger partial charge in [-0.1, -0.05) is 66.7 Å². The van der Waals surface area contributed by atoms with Crippen molar-refractivity contribution in [2.75, 3.05) is 5.32 Å². The third kappa shape index (κ3) is 2.82. The molecule has 0 unspecified atom stereocenters. The van der Waals surface area contributed by atoms with Gasteiger partial charge in [0, 0.05) is 11.3 Å². The molecule has 3 nitrogen and oxygen atoms in total. The van der Waals surface area contributed by atoms with Crippen LogP contribution in [-0.2, 0) is 0 Å². The Labute approximate surface area is 146 Å². The number of hydrogen-bond donors (Lipinski definition) is 1. The van der Waals surface area contributed by atoms with Crippen molar-refractivity contribution in [3.63, 3.8) is 0 Å². The molecule has 0 saturated heterocycles. The van der Waals surface area contributed by atoms with Crippen LogP contribution < -0.4 is 5.32 Å². The Kier molecular flexibility index (Phi) is 3.86. The van der Waals surface area contributed by atoms with E-state index in [0.29, 0.717) is 5.57 Å². The lowest BCUT2D eigenvalue weighted by atomic mass is 10.0. The van der Waals surface area contributed by atoms with E-state index in [0.717, 1.165) is 33.9 Å². The van der Waals surface area contributed by atoms with Crippen molar-refractivity contribution in [2.24, 2.45) is 4.99 Å². The summed E-state index contributed by atoms with van der Waals surface area (Å²) in [5, 5.41) is 13.2. The molecule has 118 valence electrons. The maximum absolute atomic E-state index is 9.80. The number of allylic oxidation sites excluding steroid dienone is 2. The van der Waals surface area contributed by atoms with Crippen molar-refractivity contribution in [1.29, 1.82) is 5.26 Å². The van der Waals surface area contributed by atoms with E-state index in [9.17, 15) is 5.26 Å². The van der Waals surface area contributed by atoms with Crippen LogP contribution in [0.1, 0.15) is 11.1 Å². The van der Waals surface area contributed by atoms with Crippen molar-refractivity contribution < 1.29 is 0 Å². The van der Waals surface area contributed by atoms with Crippen LogP contribution in [0, 0.1) is 11.3 Å². The van der Waals surface area contributed by atoms with Crippen molar-refractivity contribution in [2.45, 2.75) is 0 Å². The van der Waals surface area contributed by atoms with Gasteiger partial charge in [0.25, 0.3) is 0 Å². The SMILES string of the molecule is N#C/C(=C1/Nc2ccccc2C1=Nc1ccccc1)c1ccccc1. The maximum atomic E-state index is 9.80. The number of benzene rings is 3. The number of fused-ring (bicyclic) bond motifs is 1. The van der Waals surface area contributed by atoms with Crippen LogP contribution in [0.3, 0.4) is 0 Å². The Morgan fingerprint density at radius 1 is 0.800 bits per heavy atom. The molecule has 0 saturated carbocycles. The van der Waals surface area contributed by atoms with Gasteiger partial charge >= 0.3 is 0 Å². The van der Waals surface area contributed by atoms with E-state index in [-0.39, 0.29) is 0 Å². The molecule has 0 amide bonds. The third-order valence-corrected chi connectivity index (χ3v) is 4.10. The zero-order valence-corrected chi connectivity index (χ0v) is 13.5. The van der Waals surface area contributed by atoms with Gasteiger partial charge in [0.15, 0.2) is 0 Å². The summed E-state index contributed by atoms with van der Waals surface area (Å²) < 4.78 is 0. The first kappa shape index (κ1) is 14.9. The first-order valence-electron chi connectivity index (χ1n) is 8.07. The fourth-order valence-electron chi connectivity index (χ4n) is 2.93. The lowest BCUT2D eigenvalue weighted by Crippen LogP contribution is -2.05. The van der Waals surface area contributed by atoms with Crippen LogP contribution >= 0.6 is 0 Å². The molecule has 3 heteroatoms. The second-order valence-electron chi connectivity index (χ2n) is 5.69. The normalized spacial score (nSPS) is 16.0. The zero-order valence-electron chi connectivity index (χ0n) is 13.5. The highest BCUT2D eigenvalue weighted by molar-refractivity contribution is 6.26. The van der Waals surface area contributed by atoms with Crippen LogP contribution in [-0.4, -0.2) is 5.71 Å². The monoisotopic (exact) mass is 321 g/mol. The number of aliphatic imine (C=N–C) groups is 1. The predicted molar refractivity (Wildman–Crippen MR) is 102 cm³/mol. The summed E-state index contributed by atoms with van der Waals surface area (Å²) in [7, 11) is 0. The summed E-state index contributed by atoms with van der Waals surface area (Å²) in [5.41, 5.74) is 5.84. The molecular formula is C22H15N3. The molecule has 1 aliphatic heterocycles. The van der Waals surface area contributed by atoms with Gasteiger partial charge in [-0.3, -0.25) is 0 Å². The van der Waals surface area contributed by atoms with Gasteiger partial charge in [-0.2, -0.15) is 5.26 Å². The third-order valence-electron chi connectivity index (χ3n) is 4.10. The molecule has 1 heterocycles. The van der Waals surface area contributed by atoms with E-state index < -0.39 is 0 Å². The van der Waals surface area contributed by atoms with Crippen LogP contribution in [0.25, 0.3) is 5.57 Å². The molecule has 0 radical (unpaired) electrons. The molecule has 0 spiro atoms. The van der Waals surface area contributed by atoms with Crippen molar-refractivity contribution >= 4 is 22.7 Å². The summed E-state index contributed by atoms with van der Waals surface area (Å²) in [5.74, 6) is 0. The van der Waals surface area contributed by atoms with E-state index >= 15 is 0 Å². The Bertz CT molecular complexity index is 1010. The standard InChI is InChI=1S/C22H15N3/c23-15-19(16-9-3-1-4-10-16)22-21(24-17-11-5-2-6-12-17)18-13-7-8-14-20(18)25-22/h1-14,25H/b22-19-,24-21?. The molecule has 0 atom stereocenters. The average Bonchev–Trinajstić information content (AvgIpc) is 3.03. The molecule has 25 heavy (non-hydrogen) atoms. The number of anilines is 1. The first-order valence-corrected chi connectivity index (χ1v) is 8.07. The van der Waals surface area contributed by atoms with E-state index in [1.165, 1.54) is 0 Å². The number of nitrogens with zero attached hydrogens (tertiary/aromatic N) is 2. The van der Waals surface area contributed by atoms with Crippen molar-refractivity contribution in [1.82, 2.24) is 0 Å². The molecule has 3 aromatic rings. The Hall–Kier alpha value is -3.64. The minimum Gasteiger partial charge on any atom is -0.352 e. The molecule has 0 aliphatic carbocycles. The highest BCUT2D eigenvalue weighted by Gasteiger charge is 2.26. The largest absolute Gasteiger partial charge is 0.352 e. The Morgan fingerprint density at radius 3 is 2.16 bits per heavy atom. The Balaban J connectivity index is 1.95. The second-order valence-corrected chi connectivity index (χ2v) is 5.69. The van der Waals surface area contributed by atoms with E-state index in [2.05, 4.69) is 11.4 Å².